The van der Waals surface area contributed by atoms with Crippen molar-refractivity contribution >= 4 is 46.2 Å². The molecule has 1 amide bonds. The standard InChI is InChI=1S/C24H19ClN2O3S/c1-29-21-13-16(10-11-20(21)30-15-17-6-5-7-18(25)12-17)14-22-23(28)27-24(31-22)26-19-8-3-2-4-9-19/h2-14H,15H2,1H3,(H,26,27,28)/b22-14-. The smallest absolute Gasteiger partial charge is 0.264 e. The molecular formula is C24H19ClN2O3S. The number of carbonyl (C=O) groups excluding carboxylic acids is 1. The zero-order chi connectivity index (χ0) is 21.6. The highest BCUT2D eigenvalue weighted by atomic mass is 35.5. The molecule has 0 saturated carbocycles. The van der Waals surface area contributed by atoms with Gasteiger partial charge in [0.05, 0.1) is 17.7 Å². The predicted molar refractivity (Wildman–Crippen MR) is 126 cm³/mol. The van der Waals surface area contributed by atoms with E-state index in [1.165, 1.54) is 11.8 Å². The van der Waals surface area contributed by atoms with Gasteiger partial charge in [-0.25, -0.2) is 4.99 Å². The third kappa shape index (κ3) is 5.48. The van der Waals surface area contributed by atoms with Gasteiger partial charge in [-0.05, 0) is 65.4 Å². The van der Waals surface area contributed by atoms with Gasteiger partial charge in [-0.2, -0.15) is 0 Å². The highest BCUT2D eigenvalue weighted by molar-refractivity contribution is 8.18. The number of aliphatic imine (C=N–C) groups is 1. The molecule has 0 radical (unpaired) electrons. The molecular weight excluding hydrogens is 432 g/mol. The molecule has 1 saturated heterocycles. The van der Waals surface area contributed by atoms with Crippen LogP contribution in [0.4, 0.5) is 5.69 Å². The van der Waals surface area contributed by atoms with Crippen molar-refractivity contribution in [1.82, 2.24) is 5.32 Å². The summed E-state index contributed by atoms with van der Waals surface area (Å²) in [6.45, 7) is 0.370. The SMILES string of the molecule is COc1cc(/C=C2\SC(=Nc3ccccc3)NC2=O)ccc1OCc1cccc(Cl)c1. The lowest BCUT2D eigenvalue weighted by molar-refractivity contribution is -0.115. The number of thioether (sulfide) groups is 1. The second-order valence-electron chi connectivity index (χ2n) is 6.65. The highest BCUT2D eigenvalue weighted by Crippen LogP contribution is 2.32. The Balaban J connectivity index is 1.49. The summed E-state index contributed by atoms with van der Waals surface area (Å²) in [6, 6.07) is 22.5. The fraction of sp³-hybridized carbons (Fsp3) is 0.0833. The normalized spacial score (nSPS) is 15.9. The molecule has 5 nitrogen and oxygen atoms in total. The number of hydrogen-bond donors (Lipinski definition) is 1. The van der Waals surface area contributed by atoms with Gasteiger partial charge in [0.15, 0.2) is 16.7 Å². The maximum atomic E-state index is 12.3. The molecule has 1 aliphatic heterocycles. The molecule has 0 atom stereocenters. The summed E-state index contributed by atoms with van der Waals surface area (Å²) in [5, 5.41) is 4.01. The first-order chi connectivity index (χ1) is 15.1. The molecule has 0 bridgehead atoms. The summed E-state index contributed by atoms with van der Waals surface area (Å²) in [4.78, 5) is 17.4. The van der Waals surface area contributed by atoms with Crippen molar-refractivity contribution in [3.8, 4) is 11.5 Å². The fourth-order valence-corrected chi connectivity index (χ4v) is 3.99. The van der Waals surface area contributed by atoms with Crippen LogP contribution in [0.3, 0.4) is 0 Å². The lowest BCUT2D eigenvalue weighted by Crippen LogP contribution is -2.19. The Morgan fingerprint density at radius 3 is 2.65 bits per heavy atom. The number of nitrogens with one attached hydrogen (secondary N) is 1. The van der Waals surface area contributed by atoms with E-state index in [1.54, 1.807) is 13.2 Å². The van der Waals surface area contributed by atoms with Crippen LogP contribution in [0.1, 0.15) is 11.1 Å². The molecule has 1 heterocycles. The van der Waals surface area contributed by atoms with Crippen LogP contribution in [0, 0.1) is 0 Å². The Kier molecular flexibility index (Phi) is 6.60. The molecule has 31 heavy (non-hydrogen) atoms. The van der Waals surface area contributed by atoms with Crippen LogP contribution in [0.25, 0.3) is 6.08 Å². The van der Waals surface area contributed by atoms with E-state index >= 15 is 0 Å². The van der Waals surface area contributed by atoms with E-state index < -0.39 is 0 Å². The number of nitrogens with zero attached hydrogens (tertiary/aromatic N) is 1. The second-order valence-corrected chi connectivity index (χ2v) is 8.11. The minimum absolute atomic E-state index is 0.181. The zero-order valence-corrected chi connectivity index (χ0v) is 18.2. The molecule has 1 N–H and O–H groups in total. The first-order valence-electron chi connectivity index (χ1n) is 9.50. The number of hydrogen-bond acceptors (Lipinski definition) is 5. The molecule has 0 aromatic heterocycles. The molecule has 3 aromatic rings. The Bertz CT molecular complexity index is 1160. The van der Waals surface area contributed by atoms with Gasteiger partial charge in [-0.1, -0.05) is 48.0 Å². The van der Waals surface area contributed by atoms with E-state index in [9.17, 15) is 4.79 Å². The monoisotopic (exact) mass is 450 g/mol. The molecule has 156 valence electrons. The largest absolute Gasteiger partial charge is 0.493 e. The molecule has 0 unspecified atom stereocenters. The maximum absolute atomic E-state index is 12.3. The Morgan fingerprint density at radius 1 is 1.03 bits per heavy atom. The van der Waals surface area contributed by atoms with E-state index in [0.717, 1.165) is 16.8 Å². The van der Waals surface area contributed by atoms with Crippen molar-refractivity contribution in [3.05, 3.63) is 93.9 Å². The van der Waals surface area contributed by atoms with Crippen molar-refractivity contribution in [2.75, 3.05) is 7.11 Å². The third-order valence-corrected chi connectivity index (χ3v) is 5.55. The summed E-state index contributed by atoms with van der Waals surface area (Å²) in [5.74, 6) is 1.01. The van der Waals surface area contributed by atoms with Crippen LogP contribution in [0.5, 0.6) is 11.5 Å². The van der Waals surface area contributed by atoms with E-state index in [-0.39, 0.29) is 5.91 Å². The van der Waals surface area contributed by atoms with Gasteiger partial charge in [-0.3, -0.25) is 4.79 Å². The van der Waals surface area contributed by atoms with Crippen LogP contribution >= 0.6 is 23.4 Å². The maximum Gasteiger partial charge on any atom is 0.264 e. The zero-order valence-electron chi connectivity index (χ0n) is 16.7. The Hall–Kier alpha value is -3.22. The van der Waals surface area contributed by atoms with Gasteiger partial charge in [0.1, 0.15) is 6.61 Å². The number of amides is 1. The summed E-state index contributed by atoms with van der Waals surface area (Å²) in [6.07, 6.45) is 1.80. The molecule has 3 aromatic carbocycles. The number of para-hydroxylation sites is 1. The van der Waals surface area contributed by atoms with Crippen molar-refractivity contribution in [2.45, 2.75) is 6.61 Å². The van der Waals surface area contributed by atoms with Crippen molar-refractivity contribution < 1.29 is 14.3 Å². The molecule has 1 fully saturated rings. The van der Waals surface area contributed by atoms with Gasteiger partial charge in [0.25, 0.3) is 5.91 Å². The van der Waals surface area contributed by atoms with Gasteiger partial charge in [0, 0.05) is 5.02 Å². The summed E-state index contributed by atoms with van der Waals surface area (Å²) in [7, 11) is 1.58. The predicted octanol–water partition coefficient (Wildman–Crippen LogP) is 5.82. The first kappa shape index (κ1) is 21.0. The summed E-state index contributed by atoms with van der Waals surface area (Å²) >= 11 is 7.33. The van der Waals surface area contributed by atoms with Gasteiger partial charge < -0.3 is 14.8 Å². The molecule has 7 heteroatoms. The van der Waals surface area contributed by atoms with Crippen LogP contribution < -0.4 is 14.8 Å². The number of carbonyl (C=O) groups is 1. The van der Waals surface area contributed by atoms with Gasteiger partial charge in [0.2, 0.25) is 0 Å². The Morgan fingerprint density at radius 2 is 1.87 bits per heavy atom. The van der Waals surface area contributed by atoms with Gasteiger partial charge in [-0.15, -0.1) is 0 Å². The molecule has 0 aliphatic carbocycles. The van der Waals surface area contributed by atoms with Crippen molar-refractivity contribution in [1.29, 1.82) is 0 Å². The molecule has 1 aliphatic rings. The lowest BCUT2D eigenvalue weighted by atomic mass is 10.2. The minimum atomic E-state index is -0.181. The van der Waals surface area contributed by atoms with Crippen LogP contribution in [-0.4, -0.2) is 18.2 Å². The number of ether oxygens (including phenoxy) is 2. The number of halogens is 1. The number of rotatable bonds is 6. The first-order valence-corrected chi connectivity index (χ1v) is 10.7. The number of amidine groups is 1. The Labute approximate surface area is 189 Å². The minimum Gasteiger partial charge on any atom is -0.493 e. The average Bonchev–Trinajstić information content (AvgIpc) is 3.11. The number of benzene rings is 3. The molecule has 0 spiro atoms. The third-order valence-electron chi connectivity index (χ3n) is 4.41. The van der Waals surface area contributed by atoms with E-state index in [1.807, 2.05) is 72.8 Å². The van der Waals surface area contributed by atoms with Crippen LogP contribution in [0.2, 0.25) is 5.02 Å². The quantitative estimate of drug-likeness (QED) is 0.481. The van der Waals surface area contributed by atoms with E-state index in [0.29, 0.717) is 33.2 Å². The summed E-state index contributed by atoms with van der Waals surface area (Å²) < 4.78 is 11.4. The van der Waals surface area contributed by atoms with Gasteiger partial charge >= 0.3 is 0 Å². The lowest BCUT2D eigenvalue weighted by Gasteiger charge is -2.11. The topological polar surface area (TPSA) is 59.9 Å². The van der Waals surface area contributed by atoms with Crippen LogP contribution in [0.15, 0.2) is 82.7 Å². The van der Waals surface area contributed by atoms with Crippen LogP contribution in [-0.2, 0) is 11.4 Å². The average molecular weight is 451 g/mol. The molecule has 4 rings (SSSR count). The van der Waals surface area contributed by atoms with E-state index in [4.69, 9.17) is 21.1 Å². The second kappa shape index (κ2) is 9.73. The number of methoxy groups -OCH3 is 1. The summed E-state index contributed by atoms with van der Waals surface area (Å²) in [5.41, 5.74) is 2.57. The van der Waals surface area contributed by atoms with E-state index in [2.05, 4.69) is 10.3 Å². The highest BCUT2D eigenvalue weighted by Gasteiger charge is 2.24. The fourth-order valence-electron chi connectivity index (χ4n) is 2.93. The van der Waals surface area contributed by atoms with Crippen molar-refractivity contribution in [2.24, 2.45) is 4.99 Å². The van der Waals surface area contributed by atoms with Crippen molar-refractivity contribution in [3.63, 3.8) is 0 Å².